The minimum absolute atomic E-state index is 0.202. The van der Waals surface area contributed by atoms with Crippen LogP contribution in [0.25, 0.3) is 229 Å². The highest BCUT2D eigenvalue weighted by molar-refractivity contribution is 6.28. The summed E-state index contributed by atoms with van der Waals surface area (Å²) in [5.41, 5.74) is 0.237. The van der Waals surface area contributed by atoms with Gasteiger partial charge in [0.15, 0.2) is 0 Å². The Balaban J connectivity index is 0.000000140. The standard InChI is InChI=1S/C44H28.C40H26.C34H22/c1-4-18-33-29(12-1)15-9-23-36(33)32-26-27-41-42(28-32)44(38-25-11-17-31-14-3-6-20-35(31)38)40-22-8-7-21-39(40)43(41)37-24-10-16-30-13-2-5-19-34(30)37;1-2-10-27(11-3-1)32-22-23-37-38(26-32)40(34-21-19-29-13-5-7-15-31(29)25-34)36-17-9-8-16-35(36)39(37)33-20-18-28-12-4-6-14-30(28)24-33;1-2-12-25-22-26(21-20-23(25)10-1)33-29-15-5-7-17-31(29)34(32-18-8-6-16-30(32)33)28-19-9-13-24-11-3-4-14-27(24)28/h1-28H;1-26H;1-22H/i2D,3D,5D,6D,7D,8D,10D,11D,13D,14D,16D,17D,19D,20D,21D,22D,24D,25D,26D,27D,28D;1D,2D,3D,10D,11D;1D,2D,3D,4D,5D,6D,7D,8D,9D,10D,11D,12D,13D,14D,15D,16D,17D,18D,19D,20D,21D,22D. The van der Waals surface area contributed by atoms with E-state index in [2.05, 4.69) is 91.0 Å². The zero-order valence-corrected chi connectivity index (χ0v) is 61.2. The number of benzene rings is 24. The summed E-state index contributed by atoms with van der Waals surface area (Å²) in [6, 6.07) is 18.6. The third-order valence-electron chi connectivity index (χ3n) is 21.0. The van der Waals surface area contributed by atoms with Crippen LogP contribution >= 0.6 is 0 Å². The van der Waals surface area contributed by atoms with Gasteiger partial charge in [-0.2, -0.15) is 0 Å². The van der Waals surface area contributed by atoms with Gasteiger partial charge in [-0.05, 0) is 259 Å². The van der Waals surface area contributed by atoms with Gasteiger partial charge in [0.2, 0.25) is 0 Å². The zero-order chi connectivity index (χ0) is 120. The van der Waals surface area contributed by atoms with E-state index in [1.54, 1.807) is 42.5 Å². The summed E-state index contributed by atoms with van der Waals surface area (Å²) in [5.74, 6) is 0. The summed E-state index contributed by atoms with van der Waals surface area (Å²) in [6.07, 6.45) is 0. The summed E-state index contributed by atoms with van der Waals surface area (Å²) in [7, 11) is 0. The number of hydrogen-bond donors (Lipinski definition) is 0. The third kappa shape index (κ3) is 12.2. The van der Waals surface area contributed by atoms with Crippen LogP contribution in [0.4, 0.5) is 0 Å². The zero-order valence-electron chi connectivity index (χ0n) is 109. The first-order valence-electron chi connectivity index (χ1n) is 61.0. The van der Waals surface area contributed by atoms with Gasteiger partial charge in [0.25, 0.3) is 0 Å². The predicted octanol–water partition coefficient (Wildman–Crippen LogP) is 33.4. The minimum atomic E-state index is -0.915. The SMILES string of the molecule is [2H]c1c([2H])c([2H])c(-c2ccc3c(-c4ccc5ccccc5c4)c4ccccc4c(-c4ccc5ccccc5c4)c3c2)c([2H])c1[2H].[2H]c1c([2H])c([2H])c2c(-c3c4c([2H])c([2H])c([2H])c([2H])c4c(-c4c([2H])c([2H])c([2H])c5c([2H])c([2H])c([2H])c([2H])c45)c4c([2H])c(-c5cccc6ccccc56)c([2H])c([2H])c34)c([2H])c([2H])c([2H])c2c1[2H].[2H]c1c([2H])c([2H])c2c([2H])c(-c3c4c([2H])c([2H])c([2H])c([2H])c4c(-c4c([2H])c([2H])c([2H])c5c([2H])c([2H])c([2H])c([2H])c45)c4c([2H])c([2H])c([2H])c([2H])c34)c([2H])c([2H])c2c1[2H]. The Morgan fingerprint density at radius 1 is 0.127 bits per heavy atom. The fourth-order valence-corrected chi connectivity index (χ4v) is 15.9. The van der Waals surface area contributed by atoms with Crippen LogP contribution in [0.15, 0.2) is 460 Å². The lowest BCUT2D eigenvalue weighted by Crippen LogP contribution is -1.93. The molecule has 0 heterocycles. The monoisotopic (exact) mass is 1540 g/mol. The Morgan fingerprint density at radius 3 is 1.02 bits per heavy atom. The van der Waals surface area contributed by atoms with Crippen molar-refractivity contribution >= 4 is 140 Å². The Hall–Kier alpha value is -15.3. The van der Waals surface area contributed by atoms with Gasteiger partial charge >= 0.3 is 0 Å². The van der Waals surface area contributed by atoms with Gasteiger partial charge in [0.1, 0.15) is 0 Å². The molecular formula is C118H76. The van der Waals surface area contributed by atoms with Crippen molar-refractivity contribution in [2.75, 3.05) is 0 Å². The van der Waals surface area contributed by atoms with Gasteiger partial charge < -0.3 is 0 Å². The lowest BCUT2D eigenvalue weighted by Gasteiger charge is -2.20. The van der Waals surface area contributed by atoms with Crippen molar-refractivity contribution in [1.82, 2.24) is 0 Å². The van der Waals surface area contributed by atoms with Gasteiger partial charge in [-0.15, -0.1) is 0 Å². The average molecular weight is 1540 g/mol. The van der Waals surface area contributed by atoms with E-state index in [-0.39, 0.29) is 40.9 Å². The lowest BCUT2D eigenvalue weighted by molar-refractivity contribution is 1.64. The third-order valence-corrected chi connectivity index (χ3v) is 21.0. The fraction of sp³-hybridized carbons (Fsp3) is 0. The van der Waals surface area contributed by atoms with E-state index in [1.165, 1.54) is 5.39 Å². The lowest BCUT2D eigenvalue weighted by atomic mass is 9.82. The largest absolute Gasteiger partial charge is 0.0636 e. The van der Waals surface area contributed by atoms with Crippen molar-refractivity contribution in [3.63, 3.8) is 0 Å². The quantitative estimate of drug-likeness (QED) is 0.133. The van der Waals surface area contributed by atoms with Crippen LogP contribution in [0, 0.1) is 0 Å². The maximum absolute atomic E-state index is 10.2. The molecule has 24 aromatic rings. The molecule has 24 aromatic carbocycles. The molecule has 0 aromatic heterocycles. The molecule has 0 aliphatic rings. The first-order chi connectivity index (χ1) is 78.5. The van der Waals surface area contributed by atoms with E-state index in [9.17, 15) is 16.4 Å². The van der Waals surface area contributed by atoms with Crippen molar-refractivity contribution in [3.05, 3.63) is 460 Å². The summed E-state index contributed by atoms with van der Waals surface area (Å²) < 4.78 is 426. The normalized spacial score (nSPS) is 17.3. The molecule has 0 radical (unpaired) electrons. The first kappa shape index (κ1) is 36.0. The van der Waals surface area contributed by atoms with Gasteiger partial charge in [-0.25, -0.2) is 0 Å². The molecule has 0 atom stereocenters. The minimum Gasteiger partial charge on any atom is -0.0622 e. The van der Waals surface area contributed by atoms with Gasteiger partial charge in [-0.1, -0.05) is 430 Å². The predicted molar refractivity (Wildman–Crippen MR) is 510 cm³/mol. The maximum Gasteiger partial charge on any atom is 0.0636 e. The second-order valence-corrected chi connectivity index (χ2v) is 27.5. The van der Waals surface area contributed by atoms with Gasteiger partial charge in [0.05, 0.1) is 65.8 Å². The second-order valence-electron chi connectivity index (χ2n) is 27.5. The second kappa shape index (κ2) is 29.6. The molecule has 24 rings (SSSR count). The average Bonchev–Trinajstić information content (AvgIpc) is 0.681. The number of rotatable bonds is 8. The molecule has 0 fully saturated rings. The molecule has 0 saturated heterocycles. The Morgan fingerprint density at radius 2 is 0.492 bits per heavy atom. The van der Waals surface area contributed by atoms with Crippen molar-refractivity contribution < 1.29 is 65.8 Å². The molecule has 0 aliphatic heterocycles. The van der Waals surface area contributed by atoms with E-state index in [0.717, 1.165) is 60.0 Å². The topological polar surface area (TPSA) is 0 Å². The van der Waals surface area contributed by atoms with Crippen molar-refractivity contribution in [3.8, 4) is 89.0 Å². The van der Waals surface area contributed by atoms with E-state index >= 15 is 0 Å². The number of fused-ring (bicyclic) bond motifs is 13. The van der Waals surface area contributed by atoms with E-state index in [4.69, 9.17) is 49.3 Å². The highest BCUT2D eigenvalue weighted by Crippen LogP contribution is 2.51. The molecule has 118 heavy (non-hydrogen) atoms. The smallest absolute Gasteiger partial charge is 0.0622 e. The van der Waals surface area contributed by atoms with Crippen LogP contribution in [-0.4, -0.2) is 0 Å². The fourth-order valence-electron chi connectivity index (χ4n) is 15.9. The Bertz CT molecular complexity index is 11100. The van der Waals surface area contributed by atoms with Crippen LogP contribution in [0.2, 0.25) is 0 Å². The number of hydrogen-bond acceptors (Lipinski definition) is 0. The van der Waals surface area contributed by atoms with E-state index in [1.807, 2.05) is 36.4 Å². The highest BCUT2D eigenvalue weighted by atomic mass is 14.3. The van der Waals surface area contributed by atoms with Crippen LogP contribution in [-0.2, 0) is 0 Å². The first-order valence-corrected chi connectivity index (χ1v) is 37.0. The Kier molecular flexibility index (Phi) is 9.02. The highest BCUT2D eigenvalue weighted by Gasteiger charge is 2.24. The van der Waals surface area contributed by atoms with Crippen LogP contribution in [0.5, 0.6) is 0 Å². The van der Waals surface area contributed by atoms with Gasteiger partial charge in [0, 0.05) is 0 Å². The van der Waals surface area contributed by atoms with Crippen molar-refractivity contribution in [2.24, 2.45) is 0 Å². The summed E-state index contributed by atoms with van der Waals surface area (Å²) in [5, 5.41) is 0.793. The van der Waals surface area contributed by atoms with Crippen LogP contribution in [0.3, 0.4) is 0 Å². The van der Waals surface area contributed by atoms with E-state index < -0.39 is 397 Å². The summed E-state index contributed by atoms with van der Waals surface area (Å²) >= 11 is 0. The Labute approximate surface area is 752 Å². The molecule has 0 N–H and O–H groups in total. The maximum atomic E-state index is 10.2. The molecule has 0 bridgehead atoms. The molecule has 0 spiro atoms. The molecule has 0 saturated carbocycles. The molecular weight excluding hydrogens is 1420 g/mol. The van der Waals surface area contributed by atoms with Crippen LogP contribution < -0.4 is 0 Å². The summed E-state index contributed by atoms with van der Waals surface area (Å²) in [4.78, 5) is 0. The molecule has 0 aliphatic carbocycles. The molecule has 548 valence electrons. The van der Waals surface area contributed by atoms with Crippen molar-refractivity contribution in [1.29, 1.82) is 0 Å². The molecule has 0 nitrogen and oxygen atoms in total. The van der Waals surface area contributed by atoms with Gasteiger partial charge in [-0.3, -0.25) is 0 Å². The molecule has 0 heteroatoms. The molecule has 0 unspecified atom stereocenters. The van der Waals surface area contributed by atoms with Crippen LogP contribution in [0.1, 0.15) is 65.8 Å². The molecule has 0 amide bonds. The van der Waals surface area contributed by atoms with E-state index in [0.29, 0.717) is 16.3 Å². The summed E-state index contributed by atoms with van der Waals surface area (Å²) in [6.45, 7) is 0. The van der Waals surface area contributed by atoms with Crippen molar-refractivity contribution in [2.45, 2.75) is 0 Å².